The van der Waals surface area contributed by atoms with E-state index in [2.05, 4.69) is 34.9 Å². The van der Waals surface area contributed by atoms with Gasteiger partial charge in [0.2, 0.25) is 0 Å². The second-order valence-electron chi connectivity index (χ2n) is 10.1. The highest BCUT2D eigenvalue weighted by Crippen LogP contribution is 2.49. The number of Topliss-reactive ketones (excluding diaryl/α,β-unsaturated/α-hetero) is 1. The van der Waals surface area contributed by atoms with Crippen LogP contribution in [0.15, 0.2) is 42.5 Å². The first kappa shape index (κ1) is 20.8. The maximum atomic E-state index is 14.1. The summed E-state index contributed by atoms with van der Waals surface area (Å²) in [6.07, 6.45) is 3.71. The van der Waals surface area contributed by atoms with Crippen molar-refractivity contribution in [2.75, 3.05) is 39.5 Å². The number of nitrogens with zero attached hydrogens (tertiary/aromatic N) is 2. The highest BCUT2D eigenvalue weighted by atomic mass is 16.5. The Morgan fingerprint density at radius 1 is 1.06 bits per heavy atom. The van der Waals surface area contributed by atoms with E-state index in [1.165, 1.54) is 6.42 Å². The molecule has 5 unspecified atom stereocenters. The van der Waals surface area contributed by atoms with Gasteiger partial charge in [0.15, 0.2) is 5.78 Å². The maximum Gasteiger partial charge on any atom is 0.168 e. The summed E-state index contributed by atoms with van der Waals surface area (Å²) in [5.74, 6) is 0.768. The zero-order chi connectivity index (χ0) is 21.7. The van der Waals surface area contributed by atoms with Crippen LogP contribution in [0.4, 0.5) is 0 Å². The smallest absolute Gasteiger partial charge is 0.168 e. The van der Waals surface area contributed by atoms with Gasteiger partial charge in [0, 0.05) is 49.2 Å². The van der Waals surface area contributed by atoms with Crippen molar-refractivity contribution in [1.82, 2.24) is 9.80 Å². The average Bonchev–Trinajstić information content (AvgIpc) is 3.14. The minimum atomic E-state index is 0.0440. The number of hydrogen-bond acceptors (Lipinski definition) is 5. The molecule has 3 saturated heterocycles. The van der Waals surface area contributed by atoms with Crippen LogP contribution in [-0.2, 0) is 9.47 Å². The normalized spacial score (nSPS) is 35.7. The Bertz CT molecular complexity index is 983. The van der Waals surface area contributed by atoms with Gasteiger partial charge in [-0.1, -0.05) is 48.9 Å². The molecule has 4 fully saturated rings. The highest BCUT2D eigenvalue weighted by Gasteiger charge is 2.57. The molecule has 0 amide bonds. The first-order valence-corrected chi connectivity index (χ1v) is 12.4. The van der Waals surface area contributed by atoms with Gasteiger partial charge >= 0.3 is 0 Å². The van der Waals surface area contributed by atoms with E-state index in [0.29, 0.717) is 23.8 Å². The van der Waals surface area contributed by atoms with E-state index in [1.807, 2.05) is 24.3 Å². The predicted molar refractivity (Wildman–Crippen MR) is 125 cm³/mol. The molecule has 6 atom stereocenters. The minimum absolute atomic E-state index is 0.0440. The SMILES string of the molecule is CC1C(C(=O)c2cccc3ccccc23)C2CCCC3OC[C@@H](CN4CCOCC4)N1C32. The fraction of sp³-hybridized carbons (Fsp3) is 0.593. The van der Waals surface area contributed by atoms with Gasteiger partial charge in [-0.3, -0.25) is 14.6 Å². The molecule has 2 aromatic rings. The summed E-state index contributed by atoms with van der Waals surface area (Å²) in [5.41, 5.74) is 0.896. The Morgan fingerprint density at radius 3 is 2.75 bits per heavy atom. The summed E-state index contributed by atoms with van der Waals surface area (Å²) in [6.45, 7) is 7.73. The first-order chi connectivity index (χ1) is 15.7. The molecule has 0 N–H and O–H groups in total. The average molecular weight is 435 g/mol. The van der Waals surface area contributed by atoms with Crippen molar-refractivity contribution in [3.8, 4) is 0 Å². The molecule has 3 heterocycles. The van der Waals surface area contributed by atoms with Crippen molar-refractivity contribution >= 4 is 16.6 Å². The fourth-order valence-corrected chi connectivity index (χ4v) is 7.13. The monoisotopic (exact) mass is 434 g/mol. The Balaban J connectivity index is 1.33. The topological polar surface area (TPSA) is 42.0 Å². The summed E-state index contributed by atoms with van der Waals surface area (Å²) in [4.78, 5) is 19.3. The van der Waals surface area contributed by atoms with Crippen LogP contribution in [0.1, 0.15) is 36.5 Å². The number of morpholine rings is 2. The molecule has 4 aliphatic rings. The van der Waals surface area contributed by atoms with Gasteiger partial charge in [-0.15, -0.1) is 0 Å². The summed E-state index contributed by atoms with van der Waals surface area (Å²) in [5, 5.41) is 2.24. The van der Waals surface area contributed by atoms with Crippen LogP contribution in [0.5, 0.6) is 0 Å². The van der Waals surface area contributed by atoms with Crippen LogP contribution in [0, 0.1) is 11.8 Å². The number of carbonyl (C=O) groups excluding carboxylic acids is 1. The molecule has 3 aliphatic heterocycles. The van der Waals surface area contributed by atoms with E-state index in [0.717, 1.165) is 68.6 Å². The zero-order valence-electron chi connectivity index (χ0n) is 19.0. The second-order valence-corrected chi connectivity index (χ2v) is 10.1. The number of ether oxygens (including phenoxy) is 2. The third-order valence-corrected chi connectivity index (χ3v) is 8.50. The van der Waals surface area contributed by atoms with Crippen LogP contribution < -0.4 is 0 Å². The predicted octanol–water partition coefficient (Wildman–Crippen LogP) is 3.61. The number of hydrogen-bond donors (Lipinski definition) is 0. The van der Waals surface area contributed by atoms with Crippen molar-refractivity contribution in [3.05, 3.63) is 48.0 Å². The van der Waals surface area contributed by atoms with Crippen molar-refractivity contribution < 1.29 is 14.3 Å². The summed E-state index contributed by atoms with van der Waals surface area (Å²) in [7, 11) is 0. The lowest BCUT2D eigenvalue weighted by atomic mass is 9.74. The van der Waals surface area contributed by atoms with Crippen LogP contribution in [-0.4, -0.2) is 79.3 Å². The molecule has 0 spiro atoms. The molecule has 170 valence electrons. The Morgan fingerprint density at radius 2 is 1.88 bits per heavy atom. The van der Waals surface area contributed by atoms with Crippen molar-refractivity contribution in [2.24, 2.45) is 11.8 Å². The first-order valence-electron chi connectivity index (χ1n) is 12.4. The molecule has 2 aromatic carbocycles. The molecule has 32 heavy (non-hydrogen) atoms. The molecule has 5 heteroatoms. The van der Waals surface area contributed by atoms with Crippen molar-refractivity contribution in [1.29, 1.82) is 0 Å². The van der Waals surface area contributed by atoms with E-state index >= 15 is 0 Å². The van der Waals surface area contributed by atoms with Crippen molar-refractivity contribution in [2.45, 2.75) is 50.4 Å². The van der Waals surface area contributed by atoms with Gasteiger partial charge in [0.05, 0.1) is 25.9 Å². The number of carbonyl (C=O) groups is 1. The lowest BCUT2D eigenvalue weighted by Crippen LogP contribution is -2.61. The number of benzene rings is 2. The van der Waals surface area contributed by atoms with Gasteiger partial charge in [-0.05, 0) is 36.5 Å². The van der Waals surface area contributed by atoms with Gasteiger partial charge in [-0.2, -0.15) is 0 Å². The quantitative estimate of drug-likeness (QED) is 0.688. The summed E-state index contributed by atoms with van der Waals surface area (Å²) in [6, 6.07) is 15.5. The van der Waals surface area contributed by atoms with Crippen LogP contribution >= 0.6 is 0 Å². The molecular weight excluding hydrogens is 400 g/mol. The summed E-state index contributed by atoms with van der Waals surface area (Å²) >= 11 is 0. The van der Waals surface area contributed by atoms with Gasteiger partial charge < -0.3 is 9.47 Å². The molecule has 6 rings (SSSR count). The zero-order valence-corrected chi connectivity index (χ0v) is 19.0. The van der Waals surface area contributed by atoms with Gasteiger partial charge in [0.25, 0.3) is 0 Å². The van der Waals surface area contributed by atoms with E-state index in [1.54, 1.807) is 0 Å². The number of fused-ring (bicyclic) bond motifs is 1. The maximum absolute atomic E-state index is 14.1. The van der Waals surface area contributed by atoms with E-state index < -0.39 is 0 Å². The fourth-order valence-electron chi connectivity index (χ4n) is 7.13. The van der Waals surface area contributed by atoms with E-state index in [-0.39, 0.29) is 18.1 Å². The molecule has 0 radical (unpaired) electrons. The Hall–Kier alpha value is -1.79. The lowest BCUT2D eigenvalue weighted by Gasteiger charge is -2.49. The molecule has 1 saturated carbocycles. The van der Waals surface area contributed by atoms with Crippen LogP contribution in [0.2, 0.25) is 0 Å². The number of rotatable bonds is 4. The van der Waals surface area contributed by atoms with Gasteiger partial charge in [-0.25, -0.2) is 0 Å². The summed E-state index contributed by atoms with van der Waals surface area (Å²) < 4.78 is 12.0. The standard InChI is InChI=1S/C27H34N2O3/c1-18-25(27(30)22-9-4-7-19-6-2-3-8-21(19)22)23-10-5-11-24-26(23)29(18)20(17-32-24)16-28-12-14-31-15-13-28/h2-4,6-9,18,20,23-26H,5,10-17H2,1H3/t18?,20-,23?,24?,25?,26?/m1/s1. The van der Waals surface area contributed by atoms with Crippen LogP contribution in [0.25, 0.3) is 10.8 Å². The minimum Gasteiger partial charge on any atom is -0.379 e. The Kier molecular flexibility index (Phi) is 5.54. The largest absolute Gasteiger partial charge is 0.379 e. The van der Waals surface area contributed by atoms with Gasteiger partial charge in [0.1, 0.15) is 0 Å². The van der Waals surface area contributed by atoms with Crippen LogP contribution in [0.3, 0.4) is 0 Å². The second kappa shape index (κ2) is 8.53. The molecule has 5 nitrogen and oxygen atoms in total. The third-order valence-electron chi connectivity index (χ3n) is 8.50. The highest BCUT2D eigenvalue weighted by molar-refractivity contribution is 6.09. The third kappa shape index (κ3) is 3.41. The molecule has 0 aromatic heterocycles. The molecule has 1 aliphatic carbocycles. The van der Waals surface area contributed by atoms with Crippen molar-refractivity contribution in [3.63, 3.8) is 0 Å². The molecule has 0 bridgehead atoms. The number of ketones is 1. The molecular formula is C27H34N2O3. The lowest BCUT2D eigenvalue weighted by molar-refractivity contribution is -0.127. The van der Waals surface area contributed by atoms with E-state index in [9.17, 15) is 4.79 Å². The Labute approximate surface area is 190 Å². The van der Waals surface area contributed by atoms with E-state index in [4.69, 9.17) is 9.47 Å².